The topological polar surface area (TPSA) is 28.2 Å². The molecule has 1 aliphatic rings. The van der Waals surface area contributed by atoms with Crippen LogP contribution in [0.2, 0.25) is 0 Å². The van der Waals surface area contributed by atoms with Crippen LogP contribution in [0, 0.1) is 12.8 Å². The number of nitrogens with one attached hydrogen (secondary N) is 1. The highest BCUT2D eigenvalue weighted by Gasteiger charge is 2.23. The molecule has 0 aliphatic carbocycles. The van der Waals surface area contributed by atoms with Gasteiger partial charge in [0.1, 0.15) is 0 Å². The first-order valence-electron chi connectivity index (χ1n) is 8.15. The van der Waals surface area contributed by atoms with Gasteiger partial charge in [-0.3, -0.25) is 4.98 Å². The largest absolute Gasteiger partial charge is 0.371 e. The molecule has 3 nitrogen and oxygen atoms in total. The number of hydrogen-bond donors (Lipinski definition) is 1. The van der Waals surface area contributed by atoms with Crippen molar-refractivity contribution in [3.05, 3.63) is 23.5 Å². The maximum absolute atomic E-state index is 4.48. The van der Waals surface area contributed by atoms with Crippen LogP contribution in [0.4, 0.5) is 5.69 Å². The minimum Gasteiger partial charge on any atom is -0.371 e. The molecule has 0 aromatic carbocycles. The lowest BCUT2D eigenvalue weighted by Gasteiger charge is -2.22. The van der Waals surface area contributed by atoms with Crippen LogP contribution in [0.3, 0.4) is 0 Å². The van der Waals surface area contributed by atoms with Crippen molar-refractivity contribution >= 4 is 5.69 Å². The molecular formula is C17H29N3. The highest BCUT2D eigenvalue weighted by molar-refractivity contribution is 5.54. The van der Waals surface area contributed by atoms with Gasteiger partial charge in [-0.05, 0) is 44.7 Å². The van der Waals surface area contributed by atoms with E-state index in [9.17, 15) is 0 Å². The lowest BCUT2D eigenvalue weighted by atomic mass is 10.0. The van der Waals surface area contributed by atoms with Crippen molar-refractivity contribution in [3.63, 3.8) is 0 Å². The van der Waals surface area contributed by atoms with Crippen LogP contribution in [0.25, 0.3) is 0 Å². The minimum atomic E-state index is 0.880. The number of pyridine rings is 1. The summed E-state index contributed by atoms with van der Waals surface area (Å²) >= 11 is 0. The summed E-state index contributed by atoms with van der Waals surface area (Å²) < 4.78 is 0. The van der Waals surface area contributed by atoms with Crippen LogP contribution in [-0.2, 0) is 6.54 Å². The number of nitrogens with zero attached hydrogens (tertiary/aromatic N) is 2. The molecule has 2 rings (SSSR count). The monoisotopic (exact) mass is 275 g/mol. The van der Waals surface area contributed by atoms with E-state index in [4.69, 9.17) is 0 Å². The second-order valence-corrected chi connectivity index (χ2v) is 6.02. The van der Waals surface area contributed by atoms with E-state index in [1.807, 2.05) is 0 Å². The Morgan fingerprint density at radius 2 is 2.20 bits per heavy atom. The summed E-state index contributed by atoms with van der Waals surface area (Å²) in [6, 6.07) is 2.26. The van der Waals surface area contributed by atoms with Gasteiger partial charge in [0, 0.05) is 42.8 Å². The van der Waals surface area contributed by atoms with E-state index in [0.717, 1.165) is 24.7 Å². The molecule has 2 heterocycles. The Kier molecular flexibility index (Phi) is 5.84. The summed E-state index contributed by atoms with van der Waals surface area (Å²) in [6.07, 6.45) is 7.25. The molecule has 0 amide bonds. The van der Waals surface area contributed by atoms with Crippen molar-refractivity contribution in [2.75, 3.05) is 24.5 Å². The smallest absolute Gasteiger partial charge is 0.0445 e. The summed E-state index contributed by atoms with van der Waals surface area (Å²) in [5.41, 5.74) is 3.87. The Balaban J connectivity index is 2.07. The molecule has 1 saturated heterocycles. The summed E-state index contributed by atoms with van der Waals surface area (Å²) in [4.78, 5) is 7.05. The lowest BCUT2D eigenvalue weighted by Crippen LogP contribution is -2.23. The Bertz CT molecular complexity index is 417. The second kappa shape index (κ2) is 7.63. The second-order valence-electron chi connectivity index (χ2n) is 6.02. The number of aryl methyl sites for hydroxylation is 1. The van der Waals surface area contributed by atoms with Crippen LogP contribution in [0.15, 0.2) is 12.3 Å². The Hall–Kier alpha value is -1.09. The SMILES string of the molecule is CCCNCc1cnc(C)cc1N1CCC(CCC)C1. The van der Waals surface area contributed by atoms with Gasteiger partial charge in [0.05, 0.1) is 0 Å². The lowest BCUT2D eigenvalue weighted by molar-refractivity contribution is 0.529. The zero-order valence-electron chi connectivity index (χ0n) is 13.3. The normalized spacial score (nSPS) is 18.8. The summed E-state index contributed by atoms with van der Waals surface area (Å²) in [5.74, 6) is 0.880. The maximum Gasteiger partial charge on any atom is 0.0445 e. The predicted octanol–water partition coefficient (Wildman–Crippen LogP) is 3.52. The van der Waals surface area contributed by atoms with Gasteiger partial charge < -0.3 is 10.2 Å². The third-order valence-corrected chi connectivity index (χ3v) is 4.16. The van der Waals surface area contributed by atoms with Crippen LogP contribution >= 0.6 is 0 Å². The fourth-order valence-corrected chi connectivity index (χ4v) is 3.10. The fourth-order valence-electron chi connectivity index (χ4n) is 3.10. The Morgan fingerprint density at radius 1 is 1.35 bits per heavy atom. The van der Waals surface area contributed by atoms with Gasteiger partial charge >= 0.3 is 0 Å². The average Bonchev–Trinajstić information content (AvgIpc) is 2.89. The molecular weight excluding hydrogens is 246 g/mol. The molecule has 0 spiro atoms. The molecule has 1 aromatic rings. The number of hydrogen-bond acceptors (Lipinski definition) is 3. The molecule has 1 atom stereocenters. The Labute approximate surface area is 123 Å². The van der Waals surface area contributed by atoms with E-state index in [0.29, 0.717) is 0 Å². The van der Waals surface area contributed by atoms with Crippen molar-refractivity contribution in [2.24, 2.45) is 5.92 Å². The zero-order valence-corrected chi connectivity index (χ0v) is 13.3. The molecule has 0 bridgehead atoms. The maximum atomic E-state index is 4.48. The highest BCUT2D eigenvalue weighted by atomic mass is 15.2. The first-order chi connectivity index (χ1) is 9.74. The molecule has 0 radical (unpaired) electrons. The van der Waals surface area contributed by atoms with E-state index in [2.05, 4.69) is 48.2 Å². The third-order valence-electron chi connectivity index (χ3n) is 4.16. The molecule has 3 heteroatoms. The van der Waals surface area contributed by atoms with E-state index in [1.165, 1.54) is 50.0 Å². The number of anilines is 1. The zero-order chi connectivity index (χ0) is 14.4. The molecule has 1 fully saturated rings. The van der Waals surface area contributed by atoms with Crippen molar-refractivity contribution in [1.29, 1.82) is 0 Å². The standard InChI is InChI=1S/C17H29N3/c1-4-6-15-7-9-20(13-15)17-10-14(3)19-12-16(17)11-18-8-5-2/h10,12,15,18H,4-9,11,13H2,1-3H3. The molecule has 0 saturated carbocycles. The summed E-state index contributed by atoms with van der Waals surface area (Å²) in [6.45, 7) is 11.0. The van der Waals surface area contributed by atoms with Crippen molar-refractivity contribution in [1.82, 2.24) is 10.3 Å². The van der Waals surface area contributed by atoms with Crippen LogP contribution in [0.5, 0.6) is 0 Å². The van der Waals surface area contributed by atoms with Crippen molar-refractivity contribution < 1.29 is 0 Å². The fraction of sp³-hybridized carbons (Fsp3) is 0.706. The first kappa shape index (κ1) is 15.3. The van der Waals surface area contributed by atoms with Crippen LogP contribution in [-0.4, -0.2) is 24.6 Å². The van der Waals surface area contributed by atoms with Gasteiger partial charge in [-0.1, -0.05) is 20.3 Å². The number of rotatable bonds is 7. The van der Waals surface area contributed by atoms with Crippen molar-refractivity contribution in [3.8, 4) is 0 Å². The van der Waals surface area contributed by atoms with Crippen LogP contribution in [0.1, 0.15) is 50.8 Å². The molecule has 112 valence electrons. The van der Waals surface area contributed by atoms with Gasteiger partial charge in [-0.15, -0.1) is 0 Å². The van der Waals surface area contributed by atoms with E-state index in [1.54, 1.807) is 0 Å². The minimum absolute atomic E-state index is 0.880. The average molecular weight is 275 g/mol. The summed E-state index contributed by atoms with van der Waals surface area (Å²) in [7, 11) is 0. The molecule has 1 aliphatic heterocycles. The number of aromatic nitrogens is 1. The van der Waals surface area contributed by atoms with Gasteiger partial charge in [0.25, 0.3) is 0 Å². The Morgan fingerprint density at radius 3 is 2.95 bits per heavy atom. The highest BCUT2D eigenvalue weighted by Crippen LogP contribution is 2.29. The van der Waals surface area contributed by atoms with Gasteiger partial charge in [-0.25, -0.2) is 0 Å². The molecule has 20 heavy (non-hydrogen) atoms. The summed E-state index contributed by atoms with van der Waals surface area (Å²) in [5, 5.41) is 3.50. The molecule has 1 aromatic heterocycles. The molecule has 1 N–H and O–H groups in total. The first-order valence-corrected chi connectivity index (χ1v) is 8.15. The van der Waals surface area contributed by atoms with Gasteiger partial charge in [-0.2, -0.15) is 0 Å². The predicted molar refractivity (Wildman–Crippen MR) is 86.2 cm³/mol. The van der Waals surface area contributed by atoms with Gasteiger partial charge in [0.15, 0.2) is 0 Å². The molecule has 1 unspecified atom stereocenters. The third kappa shape index (κ3) is 3.95. The van der Waals surface area contributed by atoms with E-state index < -0.39 is 0 Å². The van der Waals surface area contributed by atoms with Crippen molar-refractivity contribution in [2.45, 2.75) is 53.0 Å². The van der Waals surface area contributed by atoms with E-state index >= 15 is 0 Å². The van der Waals surface area contributed by atoms with Crippen LogP contribution < -0.4 is 10.2 Å². The quantitative estimate of drug-likeness (QED) is 0.772. The van der Waals surface area contributed by atoms with Gasteiger partial charge in [0.2, 0.25) is 0 Å². The van der Waals surface area contributed by atoms with E-state index in [-0.39, 0.29) is 0 Å².